The molecular formula is C33H25FN2O5. The fourth-order valence-electron chi connectivity index (χ4n) is 4.43. The number of carbonyl (C=O) groups is 1. The predicted molar refractivity (Wildman–Crippen MR) is 151 cm³/mol. The number of benzene rings is 4. The van der Waals surface area contributed by atoms with Gasteiger partial charge in [-0.25, -0.2) is 9.18 Å². The molecule has 0 radical (unpaired) electrons. The molecule has 2 N–H and O–H groups in total. The molecule has 1 heterocycles. The number of rotatable bonds is 8. The van der Waals surface area contributed by atoms with E-state index in [1.165, 1.54) is 12.1 Å². The molecule has 0 amide bonds. The minimum Gasteiger partial charge on any atom is -0.497 e. The molecule has 8 heteroatoms. The fraction of sp³-hybridized carbons (Fsp3) is 0.0909. The Morgan fingerprint density at radius 2 is 1.78 bits per heavy atom. The van der Waals surface area contributed by atoms with Gasteiger partial charge in [-0.2, -0.15) is 5.26 Å². The van der Waals surface area contributed by atoms with Crippen LogP contribution in [-0.2, 0) is 11.4 Å². The lowest BCUT2D eigenvalue weighted by atomic mass is 9.83. The van der Waals surface area contributed by atoms with Gasteiger partial charge in [0, 0.05) is 23.3 Å². The van der Waals surface area contributed by atoms with Crippen LogP contribution in [0.5, 0.6) is 23.0 Å². The van der Waals surface area contributed by atoms with E-state index in [1.54, 1.807) is 79.9 Å². The van der Waals surface area contributed by atoms with Crippen LogP contribution in [0.25, 0.3) is 6.08 Å². The standard InChI is InChI=1S/C33H25FN2O5/c1-38-24-12-9-21(10-13-24)11-16-31(37)40-26-14-15-27-30(18-26)41-33(36)28(19-35)32(27)22-6-4-7-25(17-22)39-20-23-5-2-3-8-29(23)34/h2-18,32H,20,36H2,1H3/b16-11+. The number of esters is 1. The maximum absolute atomic E-state index is 14.0. The highest BCUT2D eigenvalue weighted by atomic mass is 19.1. The molecule has 0 fully saturated rings. The third-order valence-corrected chi connectivity index (χ3v) is 6.48. The van der Waals surface area contributed by atoms with Gasteiger partial charge in [-0.1, -0.05) is 48.5 Å². The lowest BCUT2D eigenvalue weighted by Gasteiger charge is -2.27. The summed E-state index contributed by atoms with van der Waals surface area (Å²) in [7, 11) is 1.58. The highest BCUT2D eigenvalue weighted by Gasteiger charge is 2.31. The molecule has 4 aromatic rings. The van der Waals surface area contributed by atoms with E-state index in [4.69, 9.17) is 24.7 Å². The van der Waals surface area contributed by atoms with E-state index in [2.05, 4.69) is 6.07 Å². The van der Waals surface area contributed by atoms with Gasteiger partial charge in [0.15, 0.2) is 0 Å². The molecule has 4 aromatic carbocycles. The van der Waals surface area contributed by atoms with E-state index in [0.29, 0.717) is 28.4 Å². The van der Waals surface area contributed by atoms with Crippen LogP contribution in [0.15, 0.2) is 109 Å². The van der Waals surface area contributed by atoms with Gasteiger partial charge < -0.3 is 24.7 Å². The van der Waals surface area contributed by atoms with Crippen molar-refractivity contribution in [3.63, 3.8) is 0 Å². The lowest BCUT2D eigenvalue weighted by Crippen LogP contribution is -2.21. The zero-order valence-corrected chi connectivity index (χ0v) is 22.0. The van der Waals surface area contributed by atoms with Crippen molar-refractivity contribution in [3.05, 3.63) is 137 Å². The molecule has 0 aromatic heterocycles. The van der Waals surface area contributed by atoms with Crippen LogP contribution < -0.4 is 24.7 Å². The van der Waals surface area contributed by atoms with Crippen molar-refractivity contribution < 1.29 is 28.1 Å². The maximum atomic E-state index is 14.0. The molecule has 1 unspecified atom stereocenters. The van der Waals surface area contributed by atoms with Crippen molar-refractivity contribution >= 4 is 12.0 Å². The molecule has 0 saturated carbocycles. The van der Waals surface area contributed by atoms with E-state index in [-0.39, 0.29) is 29.6 Å². The summed E-state index contributed by atoms with van der Waals surface area (Å²) in [5, 5.41) is 9.90. The quantitative estimate of drug-likeness (QED) is 0.158. The van der Waals surface area contributed by atoms with Gasteiger partial charge in [0.1, 0.15) is 47.1 Å². The smallest absolute Gasteiger partial charge is 0.336 e. The Labute approximate surface area is 236 Å². The number of fused-ring (bicyclic) bond motifs is 1. The second-order valence-electron chi connectivity index (χ2n) is 9.10. The van der Waals surface area contributed by atoms with Crippen LogP contribution in [0.2, 0.25) is 0 Å². The van der Waals surface area contributed by atoms with E-state index >= 15 is 0 Å². The van der Waals surface area contributed by atoms with Crippen molar-refractivity contribution in [2.24, 2.45) is 5.73 Å². The number of hydrogen-bond acceptors (Lipinski definition) is 7. The third kappa shape index (κ3) is 6.21. The number of nitrogens with zero attached hydrogens (tertiary/aromatic N) is 1. The number of methoxy groups -OCH3 is 1. The first-order valence-corrected chi connectivity index (χ1v) is 12.7. The van der Waals surface area contributed by atoms with Crippen LogP contribution >= 0.6 is 0 Å². The summed E-state index contributed by atoms with van der Waals surface area (Å²) in [6.45, 7) is 0.0468. The highest BCUT2D eigenvalue weighted by Crippen LogP contribution is 2.44. The van der Waals surface area contributed by atoms with Crippen molar-refractivity contribution in [1.29, 1.82) is 5.26 Å². The summed E-state index contributed by atoms with van der Waals surface area (Å²) in [6, 6.07) is 27.9. The number of nitrogens with two attached hydrogens (primary N) is 1. The molecule has 1 aliphatic rings. The first kappa shape index (κ1) is 27.0. The van der Waals surface area contributed by atoms with E-state index < -0.39 is 11.9 Å². The van der Waals surface area contributed by atoms with Gasteiger partial charge in [-0.05, 0) is 53.6 Å². The summed E-state index contributed by atoms with van der Waals surface area (Å²) >= 11 is 0. The number of ether oxygens (including phenoxy) is 4. The van der Waals surface area contributed by atoms with Gasteiger partial charge >= 0.3 is 5.97 Å². The zero-order chi connectivity index (χ0) is 28.8. The van der Waals surface area contributed by atoms with Gasteiger partial charge in [-0.15, -0.1) is 0 Å². The maximum Gasteiger partial charge on any atom is 0.336 e. The van der Waals surface area contributed by atoms with Crippen LogP contribution in [0.1, 0.15) is 28.2 Å². The molecule has 0 bridgehead atoms. The first-order chi connectivity index (χ1) is 19.9. The summed E-state index contributed by atoms with van der Waals surface area (Å²) in [6.07, 6.45) is 2.95. The average Bonchev–Trinajstić information content (AvgIpc) is 2.99. The summed E-state index contributed by atoms with van der Waals surface area (Å²) < 4.78 is 36.2. The van der Waals surface area contributed by atoms with E-state index in [0.717, 1.165) is 11.1 Å². The van der Waals surface area contributed by atoms with Gasteiger partial charge in [-0.3, -0.25) is 0 Å². The van der Waals surface area contributed by atoms with Gasteiger partial charge in [0.05, 0.1) is 13.0 Å². The molecule has 1 atom stereocenters. The van der Waals surface area contributed by atoms with Gasteiger partial charge in [0.25, 0.3) is 0 Å². The molecule has 0 saturated heterocycles. The Morgan fingerprint density at radius 1 is 1.00 bits per heavy atom. The Balaban J connectivity index is 1.36. The second kappa shape index (κ2) is 12.1. The number of allylic oxidation sites excluding steroid dienone is 1. The molecule has 204 valence electrons. The Kier molecular flexibility index (Phi) is 7.98. The normalized spacial score (nSPS) is 14.1. The average molecular weight is 549 g/mol. The molecule has 0 spiro atoms. The highest BCUT2D eigenvalue weighted by molar-refractivity contribution is 5.88. The van der Waals surface area contributed by atoms with Crippen molar-refractivity contribution in [3.8, 4) is 29.1 Å². The molecule has 41 heavy (non-hydrogen) atoms. The van der Waals surface area contributed by atoms with Crippen molar-refractivity contribution in [2.45, 2.75) is 12.5 Å². The van der Waals surface area contributed by atoms with Crippen molar-refractivity contribution in [1.82, 2.24) is 0 Å². The largest absolute Gasteiger partial charge is 0.497 e. The van der Waals surface area contributed by atoms with Crippen LogP contribution in [0, 0.1) is 17.1 Å². The minimum atomic E-state index is -0.575. The Bertz CT molecular complexity index is 1690. The Morgan fingerprint density at radius 3 is 2.54 bits per heavy atom. The third-order valence-electron chi connectivity index (χ3n) is 6.48. The van der Waals surface area contributed by atoms with E-state index in [1.807, 2.05) is 18.2 Å². The second-order valence-corrected chi connectivity index (χ2v) is 9.10. The lowest BCUT2D eigenvalue weighted by molar-refractivity contribution is -0.128. The summed E-state index contributed by atoms with van der Waals surface area (Å²) in [5.74, 6) is 0.295. The molecular weight excluding hydrogens is 523 g/mol. The number of hydrogen-bond donors (Lipinski definition) is 1. The predicted octanol–water partition coefficient (Wildman–Crippen LogP) is 6.25. The Hall–Kier alpha value is -5.55. The summed E-state index contributed by atoms with van der Waals surface area (Å²) in [5.41, 5.74) is 9.00. The molecule has 1 aliphatic heterocycles. The van der Waals surface area contributed by atoms with Crippen LogP contribution in [0.4, 0.5) is 4.39 Å². The monoisotopic (exact) mass is 548 g/mol. The van der Waals surface area contributed by atoms with Crippen LogP contribution in [-0.4, -0.2) is 13.1 Å². The number of nitriles is 1. The minimum absolute atomic E-state index is 0.0468. The van der Waals surface area contributed by atoms with E-state index in [9.17, 15) is 14.4 Å². The summed E-state index contributed by atoms with van der Waals surface area (Å²) in [4.78, 5) is 12.5. The zero-order valence-electron chi connectivity index (χ0n) is 22.0. The number of halogens is 1. The van der Waals surface area contributed by atoms with Crippen LogP contribution in [0.3, 0.4) is 0 Å². The molecule has 0 aliphatic carbocycles. The number of carbonyl (C=O) groups excluding carboxylic acids is 1. The van der Waals surface area contributed by atoms with Gasteiger partial charge in [0.2, 0.25) is 5.88 Å². The topological polar surface area (TPSA) is 104 Å². The fourth-order valence-corrected chi connectivity index (χ4v) is 4.43. The SMILES string of the molecule is COc1ccc(/C=C/C(=O)Oc2ccc3c(c2)OC(N)=C(C#N)C3c2cccc(OCc3ccccc3F)c2)cc1. The molecule has 7 nitrogen and oxygen atoms in total. The first-order valence-electron chi connectivity index (χ1n) is 12.7. The molecule has 5 rings (SSSR count). The van der Waals surface area contributed by atoms with Crippen molar-refractivity contribution in [2.75, 3.05) is 7.11 Å².